The smallest absolute Gasteiger partial charge is 0.0627 e. The number of nitrogen functional groups attached to an aromatic ring is 3. The fraction of sp³-hybridized carbons (Fsp3) is 0. The van der Waals surface area contributed by atoms with Crippen LogP contribution in [-0.4, -0.2) is 0 Å². The second-order valence-corrected chi connectivity index (χ2v) is 7.12. The van der Waals surface area contributed by atoms with Crippen LogP contribution in [0.5, 0.6) is 0 Å². The number of anilines is 5. The van der Waals surface area contributed by atoms with E-state index in [9.17, 15) is 0 Å². The van der Waals surface area contributed by atoms with Gasteiger partial charge >= 0.3 is 0 Å². The van der Waals surface area contributed by atoms with Crippen LogP contribution in [0.3, 0.4) is 0 Å². The molecule has 0 spiro atoms. The van der Waals surface area contributed by atoms with Crippen LogP contribution in [0.15, 0.2) is 78.9 Å². The molecule has 5 aromatic rings. The molecule has 0 saturated carbocycles. The molecule has 5 rings (SSSR count). The summed E-state index contributed by atoms with van der Waals surface area (Å²) in [4.78, 5) is 0. The SMILES string of the molecule is Nc1cc2cc3ccccc3cc2cc1Nc1ccc2c(N)c(N)ccc2c1. The second kappa shape index (κ2) is 6.06. The Labute approximate surface area is 162 Å². The highest BCUT2D eigenvalue weighted by atomic mass is 14.9. The van der Waals surface area contributed by atoms with Crippen molar-refractivity contribution >= 4 is 60.8 Å². The van der Waals surface area contributed by atoms with E-state index in [1.807, 2.05) is 36.4 Å². The van der Waals surface area contributed by atoms with Gasteiger partial charge in [-0.2, -0.15) is 0 Å². The van der Waals surface area contributed by atoms with Gasteiger partial charge in [-0.1, -0.05) is 36.4 Å². The van der Waals surface area contributed by atoms with E-state index in [4.69, 9.17) is 17.2 Å². The first kappa shape index (κ1) is 16.3. The average Bonchev–Trinajstić information content (AvgIpc) is 2.70. The van der Waals surface area contributed by atoms with Crippen molar-refractivity contribution in [3.63, 3.8) is 0 Å². The van der Waals surface area contributed by atoms with Gasteiger partial charge < -0.3 is 22.5 Å². The highest BCUT2D eigenvalue weighted by Gasteiger charge is 2.07. The van der Waals surface area contributed by atoms with E-state index in [1.54, 1.807) is 0 Å². The van der Waals surface area contributed by atoms with Crippen molar-refractivity contribution in [2.75, 3.05) is 22.5 Å². The molecule has 0 atom stereocenters. The van der Waals surface area contributed by atoms with Crippen molar-refractivity contribution in [3.05, 3.63) is 78.9 Å². The number of rotatable bonds is 2. The molecule has 5 aromatic carbocycles. The van der Waals surface area contributed by atoms with Crippen LogP contribution in [0, 0.1) is 0 Å². The van der Waals surface area contributed by atoms with Gasteiger partial charge in [-0.05, 0) is 69.4 Å². The quantitative estimate of drug-likeness (QED) is 0.241. The zero-order chi connectivity index (χ0) is 19.3. The van der Waals surface area contributed by atoms with Gasteiger partial charge in [0.1, 0.15) is 0 Å². The minimum atomic E-state index is 0.596. The Morgan fingerprint density at radius 2 is 1.25 bits per heavy atom. The lowest BCUT2D eigenvalue weighted by atomic mass is 10.0. The Balaban J connectivity index is 1.59. The first-order valence-electron chi connectivity index (χ1n) is 9.15. The molecule has 7 N–H and O–H groups in total. The lowest BCUT2D eigenvalue weighted by Crippen LogP contribution is -1.98. The third kappa shape index (κ3) is 2.63. The fourth-order valence-corrected chi connectivity index (χ4v) is 3.72. The molecule has 0 aromatic heterocycles. The third-order valence-corrected chi connectivity index (χ3v) is 5.25. The maximum absolute atomic E-state index is 6.34. The van der Waals surface area contributed by atoms with E-state index in [-0.39, 0.29) is 0 Å². The van der Waals surface area contributed by atoms with Crippen LogP contribution in [0.1, 0.15) is 0 Å². The standard InChI is InChI=1S/C24H20N4/c25-21-8-5-16-11-19(6-7-20(16)24(21)27)28-23-13-18-10-15-4-2-1-3-14(15)9-17(18)12-22(23)26/h1-13,28H,25-27H2. The zero-order valence-corrected chi connectivity index (χ0v) is 15.2. The van der Waals surface area contributed by atoms with Gasteiger partial charge in [-0.15, -0.1) is 0 Å². The molecule has 28 heavy (non-hydrogen) atoms. The number of fused-ring (bicyclic) bond motifs is 3. The molecule has 0 amide bonds. The highest BCUT2D eigenvalue weighted by Crippen LogP contribution is 2.33. The van der Waals surface area contributed by atoms with Crippen LogP contribution >= 0.6 is 0 Å². The van der Waals surface area contributed by atoms with E-state index in [2.05, 4.69) is 47.8 Å². The van der Waals surface area contributed by atoms with Gasteiger partial charge in [-0.3, -0.25) is 0 Å². The summed E-state index contributed by atoms with van der Waals surface area (Å²) in [5.74, 6) is 0. The van der Waals surface area contributed by atoms with Crippen molar-refractivity contribution < 1.29 is 0 Å². The van der Waals surface area contributed by atoms with Gasteiger partial charge in [0.05, 0.1) is 22.7 Å². The summed E-state index contributed by atoms with van der Waals surface area (Å²) in [7, 11) is 0. The number of hydrogen-bond acceptors (Lipinski definition) is 4. The van der Waals surface area contributed by atoms with E-state index < -0.39 is 0 Å². The summed E-state index contributed by atoms with van der Waals surface area (Å²) in [6.45, 7) is 0. The first-order valence-corrected chi connectivity index (χ1v) is 9.15. The van der Waals surface area contributed by atoms with Gasteiger partial charge in [0.2, 0.25) is 0 Å². The Kier molecular flexibility index (Phi) is 3.52. The van der Waals surface area contributed by atoms with Crippen molar-refractivity contribution in [3.8, 4) is 0 Å². The molecule has 0 aliphatic rings. The summed E-state index contributed by atoms with van der Waals surface area (Å²) >= 11 is 0. The van der Waals surface area contributed by atoms with Gasteiger partial charge in [-0.25, -0.2) is 0 Å². The fourth-order valence-electron chi connectivity index (χ4n) is 3.72. The predicted molar refractivity (Wildman–Crippen MR) is 122 cm³/mol. The number of hydrogen-bond donors (Lipinski definition) is 4. The first-order chi connectivity index (χ1) is 13.6. The molecule has 0 unspecified atom stereocenters. The second-order valence-electron chi connectivity index (χ2n) is 7.12. The summed E-state index contributed by atoms with van der Waals surface area (Å²) in [5, 5.41) is 10.1. The molecule has 0 fully saturated rings. The molecular formula is C24H20N4. The Bertz CT molecular complexity index is 1370. The summed E-state index contributed by atoms with van der Waals surface area (Å²) < 4.78 is 0. The summed E-state index contributed by atoms with van der Waals surface area (Å²) in [6.07, 6.45) is 0. The van der Waals surface area contributed by atoms with Crippen LogP contribution in [-0.2, 0) is 0 Å². The lowest BCUT2D eigenvalue weighted by molar-refractivity contribution is 1.58. The van der Waals surface area contributed by atoms with Crippen LogP contribution in [0.25, 0.3) is 32.3 Å². The predicted octanol–water partition coefficient (Wildman–Crippen LogP) is 5.64. The minimum absolute atomic E-state index is 0.596. The molecule has 4 heteroatoms. The molecular weight excluding hydrogens is 344 g/mol. The van der Waals surface area contributed by atoms with Crippen molar-refractivity contribution in [2.24, 2.45) is 0 Å². The normalized spacial score (nSPS) is 11.3. The average molecular weight is 364 g/mol. The molecule has 0 aliphatic heterocycles. The largest absolute Gasteiger partial charge is 0.397 e. The van der Waals surface area contributed by atoms with Gasteiger partial charge in [0.15, 0.2) is 0 Å². The third-order valence-electron chi connectivity index (χ3n) is 5.25. The molecule has 0 heterocycles. The monoisotopic (exact) mass is 364 g/mol. The van der Waals surface area contributed by atoms with Gasteiger partial charge in [0.25, 0.3) is 0 Å². The summed E-state index contributed by atoms with van der Waals surface area (Å²) in [5.41, 5.74) is 22.1. The van der Waals surface area contributed by atoms with Crippen molar-refractivity contribution in [1.82, 2.24) is 0 Å². The van der Waals surface area contributed by atoms with E-state index in [1.165, 1.54) is 10.8 Å². The molecule has 136 valence electrons. The van der Waals surface area contributed by atoms with Crippen molar-refractivity contribution in [2.45, 2.75) is 0 Å². The lowest BCUT2D eigenvalue weighted by Gasteiger charge is -2.13. The Morgan fingerprint density at radius 1 is 0.536 bits per heavy atom. The number of nitrogens with one attached hydrogen (secondary N) is 1. The molecule has 0 radical (unpaired) electrons. The van der Waals surface area contributed by atoms with Crippen molar-refractivity contribution in [1.29, 1.82) is 0 Å². The molecule has 0 saturated heterocycles. The molecule has 0 aliphatic carbocycles. The van der Waals surface area contributed by atoms with E-state index in [0.29, 0.717) is 17.1 Å². The number of nitrogens with two attached hydrogens (primary N) is 3. The Morgan fingerprint density at radius 3 is 2.00 bits per heavy atom. The maximum atomic E-state index is 6.34. The molecule has 4 nitrogen and oxygen atoms in total. The van der Waals surface area contributed by atoms with Crippen LogP contribution < -0.4 is 22.5 Å². The molecule has 0 bridgehead atoms. The number of benzene rings is 5. The summed E-state index contributed by atoms with van der Waals surface area (Å²) in [6, 6.07) is 26.6. The maximum Gasteiger partial charge on any atom is 0.0627 e. The van der Waals surface area contributed by atoms with E-state index >= 15 is 0 Å². The van der Waals surface area contributed by atoms with Crippen LogP contribution in [0.2, 0.25) is 0 Å². The highest BCUT2D eigenvalue weighted by molar-refractivity contribution is 6.03. The van der Waals surface area contributed by atoms with Gasteiger partial charge in [0, 0.05) is 11.1 Å². The minimum Gasteiger partial charge on any atom is -0.397 e. The zero-order valence-electron chi connectivity index (χ0n) is 15.2. The topological polar surface area (TPSA) is 90.1 Å². The Hall–Kier alpha value is -3.92. The van der Waals surface area contributed by atoms with E-state index in [0.717, 1.165) is 32.9 Å². The van der Waals surface area contributed by atoms with Crippen LogP contribution in [0.4, 0.5) is 28.4 Å².